The second-order valence-electron chi connectivity index (χ2n) is 2.37. The molecule has 0 radical (unpaired) electrons. The first kappa shape index (κ1) is 7.07. The summed E-state index contributed by atoms with van der Waals surface area (Å²) in [5.41, 5.74) is 1.34. The number of imidazole rings is 1. The number of hydrogen-bond acceptors (Lipinski definition) is 2. The van der Waals surface area contributed by atoms with Crippen molar-refractivity contribution in [3.05, 3.63) is 34.9 Å². The topological polar surface area (TPSA) is 44.0 Å². The van der Waals surface area contributed by atoms with Gasteiger partial charge in [0.05, 0.1) is 5.52 Å². The van der Waals surface area contributed by atoms with Gasteiger partial charge in [0.1, 0.15) is 11.8 Å². The molecule has 1 N–H and O–H groups in total. The third-order valence-corrected chi connectivity index (χ3v) is 1.98. The van der Waals surface area contributed by atoms with Gasteiger partial charge < -0.3 is 4.98 Å². The van der Waals surface area contributed by atoms with Crippen LogP contribution in [0.4, 0.5) is 0 Å². The van der Waals surface area contributed by atoms with Crippen LogP contribution in [-0.4, -0.2) is 9.38 Å². The fraction of sp³-hybridized carbons (Fsp3) is 0. The number of nitriles is 1. The molecule has 3 nitrogen and oxygen atoms in total. The Morgan fingerprint density at radius 3 is 3.08 bits per heavy atom. The van der Waals surface area contributed by atoms with E-state index in [9.17, 15) is 0 Å². The number of hydrogen-bond donors (Lipinski definition) is 1. The number of pyridine rings is 1. The van der Waals surface area contributed by atoms with Gasteiger partial charge in [0.2, 0.25) is 0 Å². The summed E-state index contributed by atoms with van der Waals surface area (Å²) in [7, 11) is 0. The zero-order valence-electron chi connectivity index (χ0n) is 6.11. The maximum atomic E-state index is 8.71. The molecule has 4 heteroatoms. The van der Waals surface area contributed by atoms with Gasteiger partial charge in [-0.1, -0.05) is 6.07 Å². The monoisotopic (exact) mass is 175 g/mol. The zero-order chi connectivity index (χ0) is 8.55. The van der Waals surface area contributed by atoms with E-state index in [1.54, 1.807) is 4.40 Å². The summed E-state index contributed by atoms with van der Waals surface area (Å²) in [6.45, 7) is 0. The van der Waals surface area contributed by atoms with E-state index in [-0.39, 0.29) is 0 Å². The number of rotatable bonds is 0. The minimum Gasteiger partial charge on any atom is -0.322 e. The van der Waals surface area contributed by atoms with Crippen molar-refractivity contribution in [2.24, 2.45) is 0 Å². The molecule has 58 valence electrons. The first-order valence-electron chi connectivity index (χ1n) is 3.42. The van der Waals surface area contributed by atoms with Crippen LogP contribution in [0, 0.1) is 16.1 Å². The van der Waals surface area contributed by atoms with E-state index in [1.807, 2.05) is 30.5 Å². The molecule has 0 unspecified atom stereocenters. The summed E-state index contributed by atoms with van der Waals surface area (Å²) in [6, 6.07) is 7.65. The molecule has 2 heterocycles. The van der Waals surface area contributed by atoms with Crippen molar-refractivity contribution in [2.75, 3.05) is 0 Å². The molecule has 0 fully saturated rings. The van der Waals surface area contributed by atoms with Gasteiger partial charge in [-0.15, -0.1) is 0 Å². The minimum absolute atomic E-state index is 0.514. The van der Waals surface area contributed by atoms with Gasteiger partial charge in [-0.05, 0) is 24.4 Å². The van der Waals surface area contributed by atoms with E-state index in [0.29, 0.717) is 10.5 Å². The van der Waals surface area contributed by atoms with Crippen molar-refractivity contribution in [3.63, 3.8) is 0 Å². The number of H-pyrrole nitrogens is 1. The number of aromatic nitrogens is 2. The fourth-order valence-electron chi connectivity index (χ4n) is 1.14. The predicted octanol–water partition coefficient (Wildman–Crippen LogP) is 1.87. The SMILES string of the molecule is N#Cc1[nH]c(=S)n2ccccc12. The fourth-order valence-corrected chi connectivity index (χ4v) is 1.40. The van der Waals surface area contributed by atoms with Gasteiger partial charge in [-0.2, -0.15) is 5.26 Å². The Labute approximate surface area is 73.9 Å². The Balaban J connectivity index is 3.04. The third kappa shape index (κ3) is 0.840. The van der Waals surface area contributed by atoms with E-state index in [2.05, 4.69) is 4.98 Å². The third-order valence-electron chi connectivity index (χ3n) is 1.68. The molecule has 0 aliphatic heterocycles. The van der Waals surface area contributed by atoms with Crippen molar-refractivity contribution in [3.8, 4) is 6.07 Å². The van der Waals surface area contributed by atoms with E-state index in [4.69, 9.17) is 17.5 Å². The lowest BCUT2D eigenvalue weighted by Gasteiger charge is -1.89. The highest BCUT2D eigenvalue weighted by molar-refractivity contribution is 7.71. The maximum absolute atomic E-state index is 8.71. The summed E-state index contributed by atoms with van der Waals surface area (Å²) in [4.78, 5) is 2.82. The first-order valence-corrected chi connectivity index (χ1v) is 3.83. The number of nitrogens with one attached hydrogen (secondary N) is 1. The minimum atomic E-state index is 0.514. The summed E-state index contributed by atoms with van der Waals surface area (Å²) in [6.07, 6.45) is 1.83. The molecule has 0 saturated carbocycles. The van der Waals surface area contributed by atoms with Crippen molar-refractivity contribution < 1.29 is 0 Å². The van der Waals surface area contributed by atoms with Crippen LogP contribution in [-0.2, 0) is 0 Å². The van der Waals surface area contributed by atoms with E-state index in [1.165, 1.54) is 0 Å². The Hall–Kier alpha value is -1.60. The van der Waals surface area contributed by atoms with Gasteiger partial charge >= 0.3 is 0 Å². The Kier molecular flexibility index (Phi) is 1.45. The second kappa shape index (κ2) is 2.47. The van der Waals surface area contributed by atoms with Crippen LogP contribution in [0.3, 0.4) is 0 Å². The molecule has 0 saturated heterocycles. The Bertz CT molecular complexity index is 515. The molecule has 0 spiro atoms. The van der Waals surface area contributed by atoms with E-state index >= 15 is 0 Å². The smallest absolute Gasteiger partial charge is 0.182 e. The molecule has 0 aliphatic rings. The summed E-state index contributed by atoms with van der Waals surface area (Å²) in [5.74, 6) is 0. The molecule has 0 aliphatic carbocycles. The van der Waals surface area contributed by atoms with Crippen LogP contribution in [0.25, 0.3) is 5.52 Å². The zero-order valence-corrected chi connectivity index (χ0v) is 6.93. The largest absolute Gasteiger partial charge is 0.322 e. The van der Waals surface area contributed by atoms with Crippen LogP contribution in [0.1, 0.15) is 5.69 Å². The number of nitrogens with zero attached hydrogens (tertiary/aromatic N) is 2. The summed E-state index contributed by atoms with van der Waals surface area (Å²) < 4.78 is 2.33. The van der Waals surface area contributed by atoms with Crippen LogP contribution in [0.5, 0.6) is 0 Å². The first-order chi connectivity index (χ1) is 5.83. The van der Waals surface area contributed by atoms with Crippen molar-refractivity contribution >= 4 is 17.7 Å². The summed E-state index contributed by atoms with van der Waals surface area (Å²) >= 11 is 5.00. The van der Waals surface area contributed by atoms with Crippen LogP contribution < -0.4 is 0 Å². The van der Waals surface area contributed by atoms with Crippen LogP contribution in [0.15, 0.2) is 24.4 Å². The average molecular weight is 175 g/mol. The van der Waals surface area contributed by atoms with Crippen molar-refractivity contribution in [1.82, 2.24) is 9.38 Å². The lowest BCUT2D eigenvalue weighted by atomic mass is 10.3. The molecular formula is C8H5N3S. The number of aromatic amines is 1. The highest BCUT2D eigenvalue weighted by Gasteiger charge is 2.01. The molecule has 0 bridgehead atoms. The van der Waals surface area contributed by atoms with Gasteiger partial charge in [-0.3, -0.25) is 4.40 Å². The Morgan fingerprint density at radius 1 is 1.50 bits per heavy atom. The predicted molar refractivity (Wildman–Crippen MR) is 47.3 cm³/mol. The highest BCUT2D eigenvalue weighted by atomic mass is 32.1. The van der Waals surface area contributed by atoms with Crippen molar-refractivity contribution in [2.45, 2.75) is 0 Å². The standard InChI is InChI=1S/C8H5N3S/c9-5-6-7-3-1-2-4-11(7)8(12)10-6/h1-4H,(H,10,12). The molecular weight excluding hydrogens is 170 g/mol. The van der Waals surface area contributed by atoms with Crippen LogP contribution >= 0.6 is 12.2 Å². The molecule has 0 aromatic carbocycles. The molecule has 2 rings (SSSR count). The lowest BCUT2D eigenvalue weighted by Crippen LogP contribution is -1.80. The molecule has 2 aromatic heterocycles. The molecule has 0 atom stereocenters. The maximum Gasteiger partial charge on any atom is 0.182 e. The van der Waals surface area contributed by atoms with Gasteiger partial charge in [0, 0.05) is 6.20 Å². The van der Waals surface area contributed by atoms with Crippen molar-refractivity contribution in [1.29, 1.82) is 5.26 Å². The molecule has 12 heavy (non-hydrogen) atoms. The highest BCUT2D eigenvalue weighted by Crippen LogP contribution is 2.08. The number of fused-ring (bicyclic) bond motifs is 1. The lowest BCUT2D eigenvalue weighted by molar-refractivity contribution is 1.12. The second-order valence-corrected chi connectivity index (χ2v) is 2.76. The van der Waals surface area contributed by atoms with E-state index < -0.39 is 0 Å². The summed E-state index contributed by atoms with van der Waals surface area (Å²) in [5, 5.41) is 8.71. The molecule has 2 aromatic rings. The van der Waals surface area contributed by atoms with Gasteiger partial charge in [0.15, 0.2) is 4.77 Å². The van der Waals surface area contributed by atoms with Gasteiger partial charge in [-0.25, -0.2) is 0 Å². The molecule has 0 amide bonds. The van der Waals surface area contributed by atoms with E-state index in [0.717, 1.165) is 5.52 Å². The van der Waals surface area contributed by atoms with Gasteiger partial charge in [0.25, 0.3) is 0 Å². The van der Waals surface area contributed by atoms with Crippen LogP contribution in [0.2, 0.25) is 0 Å². The average Bonchev–Trinajstić information content (AvgIpc) is 2.44. The normalized spacial score (nSPS) is 9.92. The quantitative estimate of drug-likeness (QED) is 0.621. The Morgan fingerprint density at radius 2 is 2.33 bits per heavy atom.